The van der Waals surface area contributed by atoms with Gasteiger partial charge in [-0.2, -0.15) is 0 Å². The molecule has 1 heterocycles. The van der Waals surface area contributed by atoms with Gasteiger partial charge in [0, 0.05) is 19.1 Å². The Morgan fingerprint density at radius 2 is 2.20 bits per heavy atom. The molecule has 2 N–H and O–H groups in total. The standard InChI is InChI=1S/C13H28N2/c1-4-5-6-7-12(2)15-11-13(3)8-9-14-10-13/h12,14-15H,4-11H2,1-3H3. The molecule has 1 saturated heterocycles. The topological polar surface area (TPSA) is 24.1 Å². The lowest BCUT2D eigenvalue weighted by molar-refractivity contribution is 0.316. The maximum Gasteiger partial charge on any atom is 0.00389 e. The van der Waals surface area contributed by atoms with E-state index in [1.807, 2.05) is 0 Å². The summed E-state index contributed by atoms with van der Waals surface area (Å²) < 4.78 is 0. The molecule has 0 aliphatic carbocycles. The molecule has 1 fully saturated rings. The van der Waals surface area contributed by atoms with E-state index in [-0.39, 0.29) is 0 Å². The van der Waals surface area contributed by atoms with Gasteiger partial charge in [-0.05, 0) is 31.7 Å². The Morgan fingerprint density at radius 1 is 1.40 bits per heavy atom. The molecule has 0 spiro atoms. The zero-order valence-corrected chi connectivity index (χ0v) is 10.7. The Balaban J connectivity index is 2.07. The third kappa shape index (κ3) is 4.98. The maximum absolute atomic E-state index is 3.68. The van der Waals surface area contributed by atoms with Crippen molar-refractivity contribution in [3.8, 4) is 0 Å². The molecule has 1 rings (SSSR count). The summed E-state index contributed by atoms with van der Waals surface area (Å²) in [5.41, 5.74) is 0.499. The average molecular weight is 212 g/mol. The molecular weight excluding hydrogens is 184 g/mol. The largest absolute Gasteiger partial charge is 0.316 e. The van der Waals surface area contributed by atoms with Crippen LogP contribution in [0.2, 0.25) is 0 Å². The van der Waals surface area contributed by atoms with Gasteiger partial charge in [-0.3, -0.25) is 0 Å². The van der Waals surface area contributed by atoms with Gasteiger partial charge in [-0.1, -0.05) is 33.1 Å². The number of nitrogens with one attached hydrogen (secondary N) is 2. The van der Waals surface area contributed by atoms with E-state index in [4.69, 9.17) is 0 Å². The van der Waals surface area contributed by atoms with E-state index in [1.54, 1.807) is 0 Å². The Kier molecular flexibility index (Phi) is 5.62. The normalized spacial score (nSPS) is 28.2. The van der Waals surface area contributed by atoms with Crippen LogP contribution in [-0.4, -0.2) is 25.7 Å². The molecule has 0 bridgehead atoms. The Hall–Kier alpha value is -0.0800. The second kappa shape index (κ2) is 6.49. The third-order valence-corrected chi connectivity index (χ3v) is 3.58. The Bertz CT molecular complexity index is 162. The average Bonchev–Trinajstić information content (AvgIpc) is 2.64. The van der Waals surface area contributed by atoms with Crippen molar-refractivity contribution in [1.29, 1.82) is 0 Å². The molecule has 0 saturated carbocycles. The van der Waals surface area contributed by atoms with Gasteiger partial charge in [-0.15, -0.1) is 0 Å². The van der Waals surface area contributed by atoms with E-state index in [9.17, 15) is 0 Å². The summed E-state index contributed by atoms with van der Waals surface area (Å²) in [6.07, 6.45) is 6.73. The predicted octanol–water partition coefficient (Wildman–Crippen LogP) is 2.54. The molecule has 1 aliphatic heterocycles. The van der Waals surface area contributed by atoms with Crippen LogP contribution in [0.5, 0.6) is 0 Å². The quantitative estimate of drug-likeness (QED) is 0.634. The molecule has 2 atom stereocenters. The fourth-order valence-corrected chi connectivity index (χ4v) is 2.24. The molecule has 0 amide bonds. The van der Waals surface area contributed by atoms with E-state index in [1.165, 1.54) is 51.7 Å². The van der Waals surface area contributed by atoms with Gasteiger partial charge in [0.1, 0.15) is 0 Å². The molecule has 2 unspecified atom stereocenters. The number of unbranched alkanes of at least 4 members (excludes halogenated alkanes) is 2. The van der Waals surface area contributed by atoms with Crippen LogP contribution >= 0.6 is 0 Å². The van der Waals surface area contributed by atoms with E-state index < -0.39 is 0 Å². The highest BCUT2D eigenvalue weighted by atomic mass is 15.0. The van der Waals surface area contributed by atoms with Gasteiger partial charge < -0.3 is 10.6 Å². The summed E-state index contributed by atoms with van der Waals surface area (Å²) in [7, 11) is 0. The van der Waals surface area contributed by atoms with Crippen LogP contribution in [0.4, 0.5) is 0 Å². The third-order valence-electron chi connectivity index (χ3n) is 3.58. The minimum absolute atomic E-state index is 0.499. The molecule has 2 nitrogen and oxygen atoms in total. The molecule has 0 radical (unpaired) electrons. The highest BCUT2D eigenvalue weighted by Crippen LogP contribution is 2.23. The molecule has 2 heteroatoms. The summed E-state index contributed by atoms with van der Waals surface area (Å²) in [6, 6.07) is 0.689. The van der Waals surface area contributed by atoms with E-state index in [0.29, 0.717) is 11.5 Å². The van der Waals surface area contributed by atoms with Crippen LogP contribution in [0.3, 0.4) is 0 Å². The number of hydrogen-bond acceptors (Lipinski definition) is 2. The first-order valence-corrected chi connectivity index (χ1v) is 6.60. The first-order valence-electron chi connectivity index (χ1n) is 6.60. The van der Waals surface area contributed by atoms with Crippen LogP contribution in [0.25, 0.3) is 0 Å². The van der Waals surface area contributed by atoms with Crippen molar-refractivity contribution in [3.05, 3.63) is 0 Å². The van der Waals surface area contributed by atoms with Crippen molar-refractivity contribution in [3.63, 3.8) is 0 Å². The number of hydrogen-bond donors (Lipinski definition) is 2. The summed E-state index contributed by atoms with van der Waals surface area (Å²) in [4.78, 5) is 0. The lowest BCUT2D eigenvalue weighted by Crippen LogP contribution is -2.38. The smallest absolute Gasteiger partial charge is 0.00389 e. The molecule has 0 aromatic rings. The highest BCUT2D eigenvalue weighted by Gasteiger charge is 2.28. The van der Waals surface area contributed by atoms with Crippen molar-refractivity contribution in [2.75, 3.05) is 19.6 Å². The van der Waals surface area contributed by atoms with Gasteiger partial charge in [-0.25, -0.2) is 0 Å². The Labute approximate surface area is 95.2 Å². The fourth-order valence-electron chi connectivity index (χ4n) is 2.24. The monoisotopic (exact) mass is 212 g/mol. The van der Waals surface area contributed by atoms with E-state index >= 15 is 0 Å². The second-order valence-corrected chi connectivity index (χ2v) is 5.52. The van der Waals surface area contributed by atoms with Crippen molar-refractivity contribution in [2.24, 2.45) is 5.41 Å². The van der Waals surface area contributed by atoms with Gasteiger partial charge >= 0.3 is 0 Å². The summed E-state index contributed by atoms with van der Waals surface area (Å²) >= 11 is 0. The zero-order chi connectivity index (χ0) is 11.1. The second-order valence-electron chi connectivity index (χ2n) is 5.52. The van der Waals surface area contributed by atoms with Crippen molar-refractivity contribution in [1.82, 2.24) is 10.6 Å². The van der Waals surface area contributed by atoms with Gasteiger partial charge in [0.25, 0.3) is 0 Å². The van der Waals surface area contributed by atoms with Crippen LogP contribution < -0.4 is 10.6 Å². The maximum atomic E-state index is 3.68. The van der Waals surface area contributed by atoms with Crippen molar-refractivity contribution >= 4 is 0 Å². The molecule has 0 aromatic heterocycles. The first-order chi connectivity index (χ1) is 7.16. The lowest BCUT2D eigenvalue weighted by Gasteiger charge is -2.25. The van der Waals surface area contributed by atoms with Gasteiger partial charge in [0.15, 0.2) is 0 Å². The van der Waals surface area contributed by atoms with E-state index in [0.717, 1.165) is 0 Å². The fraction of sp³-hybridized carbons (Fsp3) is 1.00. The molecular formula is C13H28N2. The summed E-state index contributed by atoms with van der Waals surface area (Å²) in [5.74, 6) is 0. The van der Waals surface area contributed by atoms with Crippen molar-refractivity contribution in [2.45, 2.75) is 58.9 Å². The predicted molar refractivity (Wildman–Crippen MR) is 67.2 cm³/mol. The van der Waals surface area contributed by atoms with E-state index in [2.05, 4.69) is 31.4 Å². The molecule has 15 heavy (non-hydrogen) atoms. The van der Waals surface area contributed by atoms with Crippen LogP contribution in [0.1, 0.15) is 52.9 Å². The van der Waals surface area contributed by atoms with Gasteiger partial charge in [0.05, 0.1) is 0 Å². The lowest BCUT2D eigenvalue weighted by atomic mass is 9.89. The summed E-state index contributed by atoms with van der Waals surface area (Å²) in [6.45, 7) is 10.5. The van der Waals surface area contributed by atoms with Crippen LogP contribution in [0.15, 0.2) is 0 Å². The molecule has 90 valence electrons. The molecule has 0 aromatic carbocycles. The van der Waals surface area contributed by atoms with Crippen LogP contribution in [-0.2, 0) is 0 Å². The first kappa shape index (κ1) is 13.0. The SMILES string of the molecule is CCCCCC(C)NCC1(C)CCNC1. The van der Waals surface area contributed by atoms with Crippen LogP contribution in [0, 0.1) is 5.41 Å². The minimum atomic E-state index is 0.499. The highest BCUT2D eigenvalue weighted by molar-refractivity contribution is 4.86. The minimum Gasteiger partial charge on any atom is -0.316 e. The van der Waals surface area contributed by atoms with Gasteiger partial charge in [0.2, 0.25) is 0 Å². The van der Waals surface area contributed by atoms with Crippen molar-refractivity contribution < 1.29 is 0 Å². The summed E-state index contributed by atoms with van der Waals surface area (Å²) in [5, 5.41) is 7.13. The number of rotatable bonds is 7. The molecule has 1 aliphatic rings. The zero-order valence-electron chi connectivity index (χ0n) is 10.7. The Morgan fingerprint density at radius 3 is 2.80 bits per heavy atom.